The van der Waals surface area contributed by atoms with Gasteiger partial charge < -0.3 is 43.4 Å². The molecule has 5 atom stereocenters. The molecule has 11 N–H and O–H groups in total. The van der Waals surface area contributed by atoms with E-state index in [-0.39, 0.29) is 12.2 Å². The zero-order valence-electron chi connectivity index (χ0n) is 18.5. The van der Waals surface area contributed by atoms with E-state index in [4.69, 9.17) is 22.3 Å². The first-order valence-corrected chi connectivity index (χ1v) is 11.3. The van der Waals surface area contributed by atoms with E-state index in [0.29, 0.717) is 38.8 Å². The van der Waals surface area contributed by atoms with E-state index in [1.54, 1.807) is 0 Å². The summed E-state index contributed by atoms with van der Waals surface area (Å²) in [5.41, 5.74) is 16.8. The number of rotatable bonds is 17. The molecule has 13 heteroatoms. The highest BCUT2D eigenvalue weighted by Gasteiger charge is 2.31. The number of thiol groups is 1. The highest BCUT2D eigenvalue weighted by Crippen LogP contribution is 2.05. The molecular formula is C19H38N6O6S. The SMILES string of the molecule is CC(O)C(NC(=O)C(CS)NC(=O)C(CCCCN)NC(=O)C(N)CCCCN)C(=O)O. The summed E-state index contributed by atoms with van der Waals surface area (Å²) < 4.78 is 0. The average Bonchev–Trinajstić information content (AvgIpc) is 2.74. The first kappa shape index (κ1) is 30.1. The number of hydrogen-bond acceptors (Lipinski definition) is 9. The van der Waals surface area contributed by atoms with Crippen LogP contribution in [0.2, 0.25) is 0 Å². The maximum Gasteiger partial charge on any atom is 0.328 e. The van der Waals surface area contributed by atoms with Crippen LogP contribution in [0.25, 0.3) is 0 Å². The molecule has 0 radical (unpaired) electrons. The molecule has 0 aliphatic carbocycles. The van der Waals surface area contributed by atoms with Crippen molar-refractivity contribution in [1.82, 2.24) is 16.0 Å². The fraction of sp³-hybridized carbons (Fsp3) is 0.789. The summed E-state index contributed by atoms with van der Waals surface area (Å²) in [6.45, 7) is 2.12. The van der Waals surface area contributed by atoms with E-state index in [2.05, 4.69) is 28.6 Å². The number of aliphatic hydroxyl groups excluding tert-OH is 1. The third-order valence-corrected chi connectivity index (χ3v) is 5.11. The molecule has 3 amide bonds. The van der Waals surface area contributed by atoms with Crippen LogP contribution in [0.1, 0.15) is 45.4 Å². The van der Waals surface area contributed by atoms with Crippen molar-refractivity contribution in [2.24, 2.45) is 17.2 Å². The summed E-state index contributed by atoms with van der Waals surface area (Å²) >= 11 is 4.04. The zero-order chi connectivity index (χ0) is 24.7. The Kier molecular flexibility index (Phi) is 15.7. The van der Waals surface area contributed by atoms with Crippen LogP contribution in [0.4, 0.5) is 0 Å². The number of carbonyl (C=O) groups excluding carboxylic acids is 3. The fourth-order valence-electron chi connectivity index (χ4n) is 2.79. The van der Waals surface area contributed by atoms with Gasteiger partial charge in [0.15, 0.2) is 6.04 Å². The number of carboxylic acids is 1. The average molecular weight is 479 g/mol. The standard InChI is InChI=1S/C19H38N6O6S/c1-11(26)15(19(30)31)25-18(29)14(10-32)24-17(28)13(7-3-5-9-21)23-16(27)12(22)6-2-4-8-20/h11-15,26,32H,2-10,20-22H2,1H3,(H,23,27)(H,24,28)(H,25,29)(H,30,31). The summed E-state index contributed by atoms with van der Waals surface area (Å²) in [7, 11) is 0. The molecule has 0 saturated heterocycles. The summed E-state index contributed by atoms with van der Waals surface area (Å²) in [5.74, 6) is -3.52. The Hall–Kier alpha value is -1.93. The van der Waals surface area contributed by atoms with E-state index in [1.165, 1.54) is 6.92 Å². The van der Waals surface area contributed by atoms with Gasteiger partial charge in [0.05, 0.1) is 12.1 Å². The van der Waals surface area contributed by atoms with Gasteiger partial charge in [0.2, 0.25) is 17.7 Å². The summed E-state index contributed by atoms with van der Waals surface area (Å²) in [5, 5.41) is 25.9. The predicted octanol–water partition coefficient (Wildman–Crippen LogP) is -2.58. The number of unbranched alkanes of at least 4 members (excludes halogenated alkanes) is 2. The minimum atomic E-state index is -1.55. The van der Waals surface area contributed by atoms with Crippen molar-refractivity contribution in [3.8, 4) is 0 Å². The van der Waals surface area contributed by atoms with Crippen LogP contribution < -0.4 is 33.2 Å². The molecule has 0 saturated carbocycles. The smallest absolute Gasteiger partial charge is 0.328 e. The maximum atomic E-state index is 12.8. The number of nitrogens with one attached hydrogen (secondary N) is 3. The molecule has 0 aromatic heterocycles. The first-order valence-electron chi connectivity index (χ1n) is 10.7. The molecule has 0 aromatic carbocycles. The lowest BCUT2D eigenvalue weighted by molar-refractivity contribution is -0.145. The van der Waals surface area contributed by atoms with Crippen molar-refractivity contribution in [2.75, 3.05) is 18.8 Å². The van der Waals surface area contributed by atoms with Crippen LogP contribution in [0.5, 0.6) is 0 Å². The third-order valence-electron chi connectivity index (χ3n) is 4.75. The largest absolute Gasteiger partial charge is 0.480 e. The molecule has 12 nitrogen and oxygen atoms in total. The molecule has 0 heterocycles. The summed E-state index contributed by atoms with van der Waals surface area (Å²) in [6.07, 6.45) is 1.92. The van der Waals surface area contributed by atoms with Gasteiger partial charge in [-0.1, -0.05) is 6.42 Å². The number of amides is 3. The van der Waals surface area contributed by atoms with Gasteiger partial charge in [0, 0.05) is 5.75 Å². The van der Waals surface area contributed by atoms with Crippen molar-refractivity contribution in [3.05, 3.63) is 0 Å². The van der Waals surface area contributed by atoms with Crippen molar-refractivity contribution in [3.63, 3.8) is 0 Å². The van der Waals surface area contributed by atoms with Gasteiger partial charge in [-0.25, -0.2) is 4.79 Å². The molecule has 0 aliphatic heterocycles. The number of hydrogen-bond donors (Lipinski definition) is 9. The monoisotopic (exact) mass is 478 g/mol. The number of carbonyl (C=O) groups is 4. The van der Waals surface area contributed by atoms with Crippen molar-refractivity contribution < 1.29 is 29.4 Å². The van der Waals surface area contributed by atoms with Crippen LogP contribution in [0, 0.1) is 0 Å². The van der Waals surface area contributed by atoms with E-state index >= 15 is 0 Å². The molecule has 32 heavy (non-hydrogen) atoms. The number of aliphatic carboxylic acids is 1. The van der Waals surface area contributed by atoms with Crippen LogP contribution in [-0.4, -0.2) is 83.0 Å². The zero-order valence-corrected chi connectivity index (χ0v) is 19.4. The Morgan fingerprint density at radius 2 is 1.34 bits per heavy atom. The fourth-order valence-corrected chi connectivity index (χ4v) is 3.05. The van der Waals surface area contributed by atoms with Crippen LogP contribution in [-0.2, 0) is 19.2 Å². The normalized spacial score (nSPS) is 15.7. The third kappa shape index (κ3) is 11.6. The molecule has 0 aliphatic rings. The number of carboxylic acid groups (broad SMARTS) is 1. The topological polar surface area (TPSA) is 223 Å². The van der Waals surface area contributed by atoms with Crippen LogP contribution in [0.3, 0.4) is 0 Å². The van der Waals surface area contributed by atoms with Gasteiger partial charge in [-0.15, -0.1) is 0 Å². The Morgan fingerprint density at radius 1 is 0.844 bits per heavy atom. The Labute approximate surface area is 193 Å². The molecule has 5 unspecified atom stereocenters. The molecular weight excluding hydrogens is 440 g/mol. The quantitative estimate of drug-likeness (QED) is 0.0789. The van der Waals surface area contributed by atoms with Gasteiger partial charge >= 0.3 is 5.97 Å². The highest BCUT2D eigenvalue weighted by molar-refractivity contribution is 7.80. The van der Waals surface area contributed by atoms with Crippen molar-refractivity contribution in [2.45, 2.75) is 75.7 Å². The summed E-state index contributed by atoms with van der Waals surface area (Å²) in [6, 6.07) is -4.50. The molecule has 0 spiro atoms. The van der Waals surface area contributed by atoms with Gasteiger partial charge in [0.1, 0.15) is 12.1 Å². The second-order valence-corrected chi connectivity index (χ2v) is 7.91. The van der Waals surface area contributed by atoms with Gasteiger partial charge in [0.25, 0.3) is 0 Å². The van der Waals surface area contributed by atoms with E-state index in [9.17, 15) is 24.3 Å². The van der Waals surface area contributed by atoms with Gasteiger partial charge in [-0.3, -0.25) is 14.4 Å². The second-order valence-electron chi connectivity index (χ2n) is 7.55. The lowest BCUT2D eigenvalue weighted by atomic mass is 10.1. The van der Waals surface area contributed by atoms with Gasteiger partial charge in [-0.2, -0.15) is 12.6 Å². The van der Waals surface area contributed by atoms with Gasteiger partial charge in [-0.05, 0) is 52.1 Å². The van der Waals surface area contributed by atoms with Crippen LogP contribution in [0.15, 0.2) is 0 Å². The predicted molar refractivity (Wildman–Crippen MR) is 123 cm³/mol. The number of aliphatic hydroxyl groups is 1. The molecule has 186 valence electrons. The maximum absolute atomic E-state index is 12.8. The second kappa shape index (κ2) is 16.7. The van der Waals surface area contributed by atoms with Crippen molar-refractivity contribution >= 4 is 36.3 Å². The van der Waals surface area contributed by atoms with E-state index in [0.717, 1.165) is 6.42 Å². The van der Waals surface area contributed by atoms with Crippen LogP contribution >= 0.6 is 12.6 Å². The minimum absolute atomic E-state index is 0.133. The molecule has 0 bridgehead atoms. The molecule has 0 aromatic rings. The molecule has 0 rings (SSSR count). The molecule has 0 fully saturated rings. The Balaban J connectivity index is 5.16. The lowest BCUT2D eigenvalue weighted by Gasteiger charge is -2.25. The highest BCUT2D eigenvalue weighted by atomic mass is 32.1. The van der Waals surface area contributed by atoms with Crippen molar-refractivity contribution in [1.29, 1.82) is 0 Å². The van der Waals surface area contributed by atoms with E-state index < -0.39 is 54.0 Å². The van der Waals surface area contributed by atoms with E-state index in [1.807, 2.05) is 0 Å². The Morgan fingerprint density at radius 3 is 1.81 bits per heavy atom. The lowest BCUT2D eigenvalue weighted by Crippen LogP contribution is -2.58. The Bertz CT molecular complexity index is 609. The summed E-state index contributed by atoms with van der Waals surface area (Å²) in [4.78, 5) is 48.8. The minimum Gasteiger partial charge on any atom is -0.480 e. The first-order chi connectivity index (χ1) is 15.1. The number of nitrogens with two attached hydrogens (primary N) is 3.